The van der Waals surface area contributed by atoms with Gasteiger partial charge in [0.2, 0.25) is 0 Å². The molecule has 1 aliphatic carbocycles. The van der Waals surface area contributed by atoms with Crippen LogP contribution in [0.25, 0.3) is 11.1 Å². The van der Waals surface area contributed by atoms with Crippen molar-refractivity contribution in [3.05, 3.63) is 42.0 Å². The number of para-hydroxylation sites is 1. The standard InChI is InChI=1S/C22H25N5O/c1-14(9-10-23)27-20-8-7-16(13-18(20)21(25)15-5-6-15)17-3-2-4-19(24)22(17)26-11-12-28/h2-4,7-8,12-15,25-27H,5-6,9,11,24H2,1H3/t14-/m0/s1. The molecule has 5 N–H and O–H groups in total. The minimum Gasteiger partial charge on any atom is -0.397 e. The first kappa shape index (κ1) is 19.4. The predicted octanol–water partition coefficient (Wildman–Crippen LogP) is 4.04. The van der Waals surface area contributed by atoms with Gasteiger partial charge in [-0.3, -0.25) is 0 Å². The monoisotopic (exact) mass is 375 g/mol. The molecule has 6 heteroatoms. The van der Waals surface area contributed by atoms with Crippen LogP contribution >= 0.6 is 0 Å². The number of benzene rings is 2. The van der Waals surface area contributed by atoms with Crippen molar-refractivity contribution in [3.63, 3.8) is 0 Å². The summed E-state index contributed by atoms with van der Waals surface area (Å²) in [5, 5.41) is 24.0. The first-order valence-electron chi connectivity index (χ1n) is 9.47. The molecule has 144 valence electrons. The van der Waals surface area contributed by atoms with E-state index in [4.69, 9.17) is 16.4 Å². The lowest BCUT2D eigenvalue weighted by Crippen LogP contribution is -2.17. The van der Waals surface area contributed by atoms with E-state index < -0.39 is 0 Å². The summed E-state index contributed by atoms with van der Waals surface area (Å²) in [7, 11) is 0. The molecule has 2 aromatic rings. The summed E-state index contributed by atoms with van der Waals surface area (Å²) >= 11 is 0. The van der Waals surface area contributed by atoms with Crippen LogP contribution in [0.5, 0.6) is 0 Å². The van der Waals surface area contributed by atoms with E-state index in [1.54, 1.807) is 6.07 Å². The van der Waals surface area contributed by atoms with Gasteiger partial charge in [-0.1, -0.05) is 18.2 Å². The van der Waals surface area contributed by atoms with E-state index in [-0.39, 0.29) is 12.6 Å². The number of nitrogen functional groups attached to an aromatic ring is 1. The van der Waals surface area contributed by atoms with Crippen LogP contribution in [0.4, 0.5) is 17.1 Å². The van der Waals surface area contributed by atoms with Crippen molar-refractivity contribution < 1.29 is 4.79 Å². The first-order valence-corrected chi connectivity index (χ1v) is 9.47. The predicted molar refractivity (Wildman–Crippen MR) is 114 cm³/mol. The maximum absolute atomic E-state index is 10.8. The zero-order valence-corrected chi connectivity index (χ0v) is 16.0. The average molecular weight is 375 g/mol. The number of carbonyl (C=O) groups is 1. The highest BCUT2D eigenvalue weighted by Crippen LogP contribution is 2.38. The van der Waals surface area contributed by atoms with Gasteiger partial charge in [0.25, 0.3) is 0 Å². The highest BCUT2D eigenvalue weighted by atomic mass is 16.1. The number of anilines is 3. The topological polar surface area (TPSA) is 115 Å². The molecule has 28 heavy (non-hydrogen) atoms. The molecule has 1 saturated carbocycles. The van der Waals surface area contributed by atoms with E-state index >= 15 is 0 Å². The van der Waals surface area contributed by atoms with Crippen molar-refractivity contribution >= 4 is 29.1 Å². The van der Waals surface area contributed by atoms with Gasteiger partial charge in [0.1, 0.15) is 6.29 Å². The second-order valence-corrected chi connectivity index (χ2v) is 7.17. The normalized spacial score (nSPS) is 14.0. The van der Waals surface area contributed by atoms with Crippen molar-refractivity contribution in [2.24, 2.45) is 5.92 Å². The van der Waals surface area contributed by atoms with Crippen molar-refractivity contribution in [2.75, 3.05) is 22.9 Å². The summed E-state index contributed by atoms with van der Waals surface area (Å²) in [6.45, 7) is 2.14. The maximum atomic E-state index is 10.8. The van der Waals surface area contributed by atoms with Crippen molar-refractivity contribution in [1.29, 1.82) is 10.7 Å². The zero-order valence-electron chi connectivity index (χ0n) is 16.0. The molecule has 3 rings (SSSR count). The molecule has 1 aliphatic rings. The Hall–Kier alpha value is -3.33. The van der Waals surface area contributed by atoms with Gasteiger partial charge in [-0.15, -0.1) is 0 Å². The molecule has 1 atom stereocenters. The molecule has 6 nitrogen and oxygen atoms in total. The highest BCUT2D eigenvalue weighted by Gasteiger charge is 2.29. The lowest BCUT2D eigenvalue weighted by Gasteiger charge is -2.19. The van der Waals surface area contributed by atoms with Gasteiger partial charge in [-0.25, -0.2) is 0 Å². The van der Waals surface area contributed by atoms with Crippen molar-refractivity contribution in [2.45, 2.75) is 32.2 Å². The van der Waals surface area contributed by atoms with E-state index in [9.17, 15) is 4.79 Å². The number of nitrogens with zero attached hydrogens (tertiary/aromatic N) is 1. The number of nitriles is 1. The van der Waals surface area contributed by atoms with Gasteiger partial charge < -0.3 is 26.6 Å². The maximum Gasteiger partial charge on any atom is 0.139 e. The molecule has 0 radical (unpaired) electrons. The summed E-state index contributed by atoms with van der Waals surface area (Å²) in [5.74, 6) is 0.301. The molecule has 0 heterocycles. The Balaban J connectivity index is 2.03. The molecule has 0 aromatic heterocycles. The third-order valence-electron chi connectivity index (χ3n) is 4.86. The van der Waals surface area contributed by atoms with Crippen LogP contribution in [0.3, 0.4) is 0 Å². The summed E-state index contributed by atoms with van der Waals surface area (Å²) in [5.41, 5.74) is 11.6. The Kier molecular flexibility index (Phi) is 5.95. The van der Waals surface area contributed by atoms with Crippen molar-refractivity contribution in [1.82, 2.24) is 0 Å². The minimum atomic E-state index is -0.00112. The number of nitrogens with one attached hydrogen (secondary N) is 3. The third kappa shape index (κ3) is 4.32. The van der Waals surface area contributed by atoms with Gasteiger partial charge in [0, 0.05) is 34.5 Å². The summed E-state index contributed by atoms with van der Waals surface area (Å²) < 4.78 is 0. The smallest absolute Gasteiger partial charge is 0.139 e. The van der Waals surface area contributed by atoms with Crippen LogP contribution < -0.4 is 16.4 Å². The van der Waals surface area contributed by atoms with E-state index in [1.807, 2.05) is 37.3 Å². The Morgan fingerprint density at radius 3 is 2.86 bits per heavy atom. The van der Waals surface area contributed by atoms with Crippen LogP contribution in [0, 0.1) is 22.7 Å². The molecular weight excluding hydrogens is 350 g/mol. The molecule has 1 fully saturated rings. The average Bonchev–Trinajstić information content (AvgIpc) is 3.52. The SMILES string of the molecule is C[C@@H](CC#N)Nc1ccc(-c2cccc(N)c2NCC=O)cc1C(=N)C1CC1. The van der Waals surface area contributed by atoms with Crippen LogP contribution in [-0.2, 0) is 4.79 Å². The number of nitrogens with two attached hydrogens (primary N) is 1. The fourth-order valence-corrected chi connectivity index (χ4v) is 3.26. The number of carbonyl (C=O) groups excluding carboxylic acids is 1. The molecule has 2 aromatic carbocycles. The Labute approximate surface area is 165 Å². The summed E-state index contributed by atoms with van der Waals surface area (Å²) in [4.78, 5) is 10.8. The third-order valence-corrected chi connectivity index (χ3v) is 4.86. The van der Waals surface area contributed by atoms with E-state index in [0.29, 0.717) is 23.7 Å². The summed E-state index contributed by atoms with van der Waals surface area (Å²) in [6.07, 6.45) is 3.28. The van der Waals surface area contributed by atoms with Crippen LogP contribution in [0.2, 0.25) is 0 Å². The lowest BCUT2D eigenvalue weighted by atomic mass is 9.95. The molecule has 0 bridgehead atoms. The van der Waals surface area contributed by atoms with E-state index in [0.717, 1.165) is 47.2 Å². The van der Waals surface area contributed by atoms with Gasteiger partial charge in [-0.05, 0) is 43.5 Å². The number of hydrogen-bond acceptors (Lipinski definition) is 6. The highest BCUT2D eigenvalue weighted by molar-refractivity contribution is 6.07. The number of hydrogen-bond donors (Lipinski definition) is 4. The van der Waals surface area contributed by atoms with E-state index in [1.165, 1.54) is 0 Å². The molecule has 0 spiro atoms. The lowest BCUT2D eigenvalue weighted by molar-refractivity contribution is -0.106. The quantitative estimate of drug-likeness (QED) is 0.300. The van der Waals surface area contributed by atoms with Crippen LogP contribution in [-0.4, -0.2) is 24.6 Å². The zero-order chi connectivity index (χ0) is 20.1. The second kappa shape index (κ2) is 8.57. The molecule has 0 aliphatic heterocycles. The van der Waals surface area contributed by atoms with Crippen LogP contribution in [0.1, 0.15) is 31.7 Å². The Morgan fingerprint density at radius 1 is 1.39 bits per heavy atom. The van der Waals surface area contributed by atoms with Gasteiger partial charge in [-0.2, -0.15) is 5.26 Å². The number of rotatable bonds is 9. The van der Waals surface area contributed by atoms with E-state index in [2.05, 4.69) is 16.7 Å². The first-order chi connectivity index (χ1) is 13.5. The molecular formula is C22H25N5O. The fraction of sp³-hybridized carbons (Fsp3) is 0.318. The largest absolute Gasteiger partial charge is 0.397 e. The van der Waals surface area contributed by atoms with Gasteiger partial charge in [0.15, 0.2) is 0 Å². The molecule has 0 amide bonds. The minimum absolute atomic E-state index is 0.00112. The molecule has 0 saturated heterocycles. The van der Waals surface area contributed by atoms with Crippen LogP contribution in [0.15, 0.2) is 36.4 Å². The second-order valence-electron chi connectivity index (χ2n) is 7.17. The van der Waals surface area contributed by atoms with Gasteiger partial charge >= 0.3 is 0 Å². The Morgan fingerprint density at radius 2 is 2.18 bits per heavy atom. The number of aldehydes is 1. The van der Waals surface area contributed by atoms with Gasteiger partial charge in [0.05, 0.1) is 30.4 Å². The fourth-order valence-electron chi connectivity index (χ4n) is 3.26. The molecule has 0 unspecified atom stereocenters. The Bertz CT molecular complexity index is 927. The van der Waals surface area contributed by atoms with Crippen molar-refractivity contribution in [3.8, 4) is 17.2 Å². The summed E-state index contributed by atoms with van der Waals surface area (Å²) in [6, 6.07) is 13.7.